The second kappa shape index (κ2) is 11.2. The van der Waals surface area contributed by atoms with E-state index in [0.29, 0.717) is 18.8 Å². The number of aromatic nitrogens is 2. The number of rotatable bonds is 6. The molecule has 3 heterocycles. The molecule has 1 aromatic heterocycles. The first-order chi connectivity index (χ1) is 16.9. The molecule has 1 aromatic rings. The fourth-order valence-electron chi connectivity index (χ4n) is 4.46. The Morgan fingerprint density at radius 1 is 1.14 bits per heavy atom. The summed E-state index contributed by atoms with van der Waals surface area (Å²) >= 11 is 0. The fraction of sp³-hybridized carbons (Fsp3) is 0.640. The summed E-state index contributed by atoms with van der Waals surface area (Å²) in [6, 6.07) is -0.0112. The van der Waals surface area contributed by atoms with Gasteiger partial charge in [-0.2, -0.15) is 0 Å². The summed E-state index contributed by atoms with van der Waals surface area (Å²) < 4.78 is 2.09. The number of aryl methyl sites for hydroxylation is 1. The molecule has 0 aliphatic carbocycles. The van der Waals surface area contributed by atoms with Crippen molar-refractivity contribution in [2.24, 2.45) is 0 Å². The average Bonchev–Trinajstić information content (AvgIpc) is 3.17. The third-order valence-corrected chi connectivity index (χ3v) is 6.18. The second-order valence-corrected chi connectivity index (χ2v) is 10.7. The number of imide groups is 1. The molecule has 0 unspecified atom stereocenters. The maximum atomic E-state index is 12.6. The predicted octanol–water partition coefficient (Wildman–Crippen LogP) is 1.37. The van der Waals surface area contributed by atoms with Crippen LogP contribution in [0.2, 0.25) is 0 Å². The van der Waals surface area contributed by atoms with Gasteiger partial charge in [0.05, 0.1) is 12.0 Å². The van der Waals surface area contributed by atoms with Crippen LogP contribution in [0, 0.1) is 0 Å². The van der Waals surface area contributed by atoms with Gasteiger partial charge in [0.15, 0.2) is 0 Å². The molecule has 11 nitrogen and oxygen atoms in total. The van der Waals surface area contributed by atoms with Crippen LogP contribution in [-0.4, -0.2) is 92.8 Å². The zero-order valence-corrected chi connectivity index (χ0v) is 22.3. The number of nitrogens with one attached hydrogen (secondary N) is 2. The Hall–Kier alpha value is -3.21. The van der Waals surface area contributed by atoms with Gasteiger partial charge in [-0.05, 0) is 45.7 Å². The first-order valence-corrected chi connectivity index (χ1v) is 12.5. The Labute approximate surface area is 212 Å². The molecule has 0 saturated carbocycles. The van der Waals surface area contributed by atoms with Crippen molar-refractivity contribution in [1.82, 2.24) is 34.9 Å². The topological polar surface area (TPSA) is 120 Å². The van der Waals surface area contributed by atoms with E-state index in [1.807, 2.05) is 25.7 Å². The third-order valence-electron chi connectivity index (χ3n) is 6.18. The molecular formula is C25H39N7O4. The minimum Gasteiger partial charge on any atom is -0.334 e. The van der Waals surface area contributed by atoms with Crippen LogP contribution in [0.3, 0.4) is 0 Å². The Morgan fingerprint density at radius 3 is 2.39 bits per heavy atom. The van der Waals surface area contributed by atoms with E-state index in [1.165, 1.54) is 6.92 Å². The number of amides is 5. The molecule has 0 atom stereocenters. The zero-order valence-electron chi connectivity index (χ0n) is 22.3. The van der Waals surface area contributed by atoms with Crippen LogP contribution in [0.15, 0.2) is 12.0 Å². The van der Waals surface area contributed by atoms with Crippen molar-refractivity contribution >= 4 is 29.8 Å². The molecule has 3 rings (SSSR count). The van der Waals surface area contributed by atoms with E-state index in [1.54, 1.807) is 12.4 Å². The van der Waals surface area contributed by atoms with Gasteiger partial charge < -0.3 is 20.1 Å². The van der Waals surface area contributed by atoms with E-state index in [9.17, 15) is 19.2 Å². The molecule has 2 fully saturated rings. The molecule has 2 aliphatic rings. The lowest BCUT2D eigenvalue weighted by Gasteiger charge is -2.36. The number of urea groups is 1. The molecule has 0 bridgehead atoms. The van der Waals surface area contributed by atoms with Gasteiger partial charge >= 0.3 is 6.03 Å². The molecule has 2 N–H and O–H groups in total. The number of piperazine rings is 2. The van der Waals surface area contributed by atoms with Crippen LogP contribution in [0.4, 0.5) is 4.79 Å². The molecule has 0 aromatic carbocycles. The highest BCUT2D eigenvalue weighted by Gasteiger charge is 2.31. The molecule has 0 spiro atoms. The standard InChI is InChI=1S/C25H39N7O4/c1-17(2)22-19(14-20-23(35)32(18(3)33)15-21(34)27-20)26-16-31(22)9-7-8-29-10-12-30(13-11-29)24(36)28-25(4,5)6/h14,16-17H,7-13,15H2,1-6H3,(H,27,34)(H,28,36)/b20-14-. The summed E-state index contributed by atoms with van der Waals surface area (Å²) in [7, 11) is 0. The van der Waals surface area contributed by atoms with E-state index in [2.05, 4.69) is 38.9 Å². The van der Waals surface area contributed by atoms with Gasteiger partial charge in [-0.25, -0.2) is 9.78 Å². The largest absolute Gasteiger partial charge is 0.334 e. The van der Waals surface area contributed by atoms with Crippen LogP contribution in [0.5, 0.6) is 0 Å². The fourth-order valence-corrected chi connectivity index (χ4v) is 4.46. The molecule has 11 heteroatoms. The Balaban J connectivity index is 1.59. The van der Waals surface area contributed by atoms with Gasteiger partial charge in [0.2, 0.25) is 11.8 Å². The molecule has 2 aliphatic heterocycles. The van der Waals surface area contributed by atoms with Crippen molar-refractivity contribution in [2.75, 3.05) is 39.3 Å². The number of nitrogens with zero attached hydrogens (tertiary/aromatic N) is 5. The maximum Gasteiger partial charge on any atom is 0.317 e. The Bertz CT molecular complexity index is 1030. The van der Waals surface area contributed by atoms with E-state index in [0.717, 1.165) is 43.2 Å². The number of imidazole rings is 1. The second-order valence-electron chi connectivity index (χ2n) is 10.7. The first kappa shape index (κ1) is 27.4. The molecule has 36 heavy (non-hydrogen) atoms. The number of carbonyl (C=O) groups is 4. The van der Waals surface area contributed by atoms with Crippen molar-refractivity contribution in [3.05, 3.63) is 23.4 Å². The molecular weight excluding hydrogens is 462 g/mol. The Kier molecular flexibility index (Phi) is 8.55. The van der Waals surface area contributed by atoms with Crippen LogP contribution >= 0.6 is 0 Å². The highest BCUT2D eigenvalue weighted by Crippen LogP contribution is 2.22. The minimum atomic E-state index is -0.526. The Morgan fingerprint density at radius 2 is 1.81 bits per heavy atom. The summed E-state index contributed by atoms with van der Waals surface area (Å²) in [5.41, 5.74) is 1.39. The summed E-state index contributed by atoms with van der Waals surface area (Å²) in [5, 5.41) is 5.59. The van der Waals surface area contributed by atoms with Gasteiger partial charge in [0.1, 0.15) is 12.2 Å². The summed E-state index contributed by atoms with van der Waals surface area (Å²) in [5.74, 6) is -1.26. The summed E-state index contributed by atoms with van der Waals surface area (Å²) in [6.45, 7) is 15.8. The zero-order chi connectivity index (χ0) is 26.6. The lowest BCUT2D eigenvalue weighted by molar-refractivity contribution is -0.147. The van der Waals surface area contributed by atoms with Gasteiger partial charge in [-0.1, -0.05) is 13.8 Å². The number of hydrogen-bond donors (Lipinski definition) is 2. The SMILES string of the molecule is CC(=O)N1CC(=O)N/C(=C\c2ncn(CCCN3CCN(C(=O)NC(C)(C)C)CC3)c2C(C)C)C1=O. The van der Waals surface area contributed by atoms with Crippen LogP contribution in [0.25, 0.3) is 6.08 Å². The molecule has 5 amide bonds. The summed E-state index contributed by atoms with van der Waals surface area (Å²) in [6.07, 6.45) is 4.23. The third kappa shape index (κ3) is 6.93. The van der Waals surface area contributed by atoms with E-state index in [4.69, 9.17) is 0 Å². The quantitative estimate of drug-likeness (QED) is 0.568. The molecule has 2 saturated heterocycles. The van der Waals surface area contributed by atoms with Crippen molar-refractivity contribution in [3.63, 3.8) is 0 Å². The van der Waals surface area contributed by atoms with Gasteiger partial charge in [-0.3, -0.25) is 24.2 Å². The van der Waals surface area contributed by atoms with Crippen LogP contribution < -0.4 is 10.6 Å². The lowest BCUT2D eigenvalue weighted by atomic mass is 10.1. The lowest BCUT2D eigenvalue weighted by Crippen LogP contribution is -2.55. The highest BCUT2D eigenvalue weighted by molar-refractivity contribution is 6.12. The van der Waals surface area contributed by atoms with Gasteiger partial charge in [0.25, 0.3) is 5.91 Å². The van der Waals surface area contributed by atoms with Crippen molar-refractivity contribution in [3.8, 4) is 0 Å². The smallest absolute Gasteiger partial charge is 0.317 e. The predicted molar refractivity (Wildman–Crippen MR) is 136 cm³/mol. The molecule has 0 radical (unpaired) electrons. The summed E-state index contributed by atoms with van der Waals surface area (Å²) in [4.78, 5) is 58.4. The number of carbonyl (C=O) groups excluding carboxylic acids is 4. The maximum absolute atomic E-state index is 12.6. The molecule has 198 valence electrons. The van der Waals surface area contributed by atoms with Crippen LogP contribution in [0.1, 0.15) is 65.3 Å². The van der Waals surface area contributed by atoms with E-state index in [-0.39, 0.29) is 29.7 Å². The highest BCUT2D eigenvalue weighted by atomic mass is 16.2. The normalized spacial score (nSPS) is 18.7. The van der Waals surface area contributed by atoms with Gasteiger partial charge in [0, 0.05) is 50.9 Å². The van der Waals surface area contributed by atoms with Crippen molar-refractivity contribution in [2.45, 2.75) is 66.0 Å². The van der Waals surface area contributed by atoms with Crippen molar-refractivity contribution in [1.29, 1.82) is 0 Å². The minimum absolute atomic E-state index is 0.0112. The average molecular weight is 502 g/mol. The van der Waals surface area contributed by atoms with E-state index < -0.39 is 17.7 Å². The first-order valence-electron chi connectivity index (χ1n) is 12.5. The number of hydrogen-bond acceptors (Lipinski definition) is 6. The van der Waals surface area contributed by atoms with Crippen molar-refractivity contribution < 1.29 is 19.2 Å². The van der Waals surface area contributed by atoms with E-state index >= 15 is 0 Å². The van der Waals surface area contributed by atoms with Gasteiger partial charge in [-0.15, -0.1) is 0 Å². The van der Waals surface area contributed by atoms with Crippen LogP contribution in [-0.2, 0) is 20.9 Å². The monoisotopic (exact) mass is 501 g/mol.